The van der Waals surface area contributed by atoms with E-state index in [1.807, 2.05) is 60.7 Å². The standard InChI is InChI=1S/C37H46N2O4/c1-3-4-5-27-6-15-31(16-7-27)36(41)43-34-21-12-28(13-22-34)14-23-35(40)42-26-37(2,24-29-8-17-32(38)18-9-29)25-30-10-19-33(39)20-11-30/h8-14,17-23,27,31H,3-7,15-16,24-26,38-39H2,1-2H3/b23-14+. The third kappa shape index (κ3) is 10.3. The van der Waals surface area contributed by atoms with E-state index in [2.05, 4.69) is 13.8 Å². The molecular weight excluding hydrogens is 536 g/mol. The lowest BCUT2D eigenvalue weighted by molar-refractivity contribution is -0.141. The minimum absolute atomic E-state index is 0.0158. The molecule has 1 saturated carbocycles. The molecule has 0 radical (unpaired) electrons. The summed E-state index contributed by atoms with van der Waals surface area (Å²) in [7, 11) is 0. The Morgan fingerprint density at radius 1 is 0.837 bits per heavy atom. The molecule has 6 heteroatoms. The number of hydrogen-bond donors (Lipinski definition) is 2. The molecule has 0 bridgehead atoms. The molecule has 4 rings (SSSR count). The van der Waals surface area contributed by atoms with Crippen molar-refractivity contribution < 1.29 is 19.1 Å². The first kappa shape index (κ1) is 31.9. The van der Waals surface area contributed by atoms with Crippen molar-refractivity contribution in [3.63, 3.8) is 0 Å². The fraction of sp³-hybridized carbons (Fsp3) is 0.405. The summed E-state index contributed by atoms with van der Waals surface area (Å²) in [5.74, 6) is 0.715. The van der Waals surface area contributed by atoms with E-state index in [0.717, 1.165) is 61.1 Å². The predicted octanol–water partition coefficient (Wildman–Crippen LogP) is 7.80. The number of anilines is 2. The van der Waals surface area contributed by atoms with Crippen LogP contribution in [-0.2, 0) is 27.2 Å². The van der Waals surface area contributed by atoms with E-state index in [0.29, 0.717) is 17.1 Å². The number of carbonyl (C=O) groups excluding carboxylic acids is 2. The zero-order valence-electron chi connectivity index (χ0n) is 25.6. The van der Waals surface area contributed by atoms with Gasteiger partial charge in [-0.05, 0) is 104 Å². The maximum atomic E-state index is 12.7. The van der Waals surface area contributed by atoms with E-state index >= 15 is 0 Å². The van der Waals surface area contributed by atoms with Crippen molar-refractivity contribution in [3.05, 3.63) is 95.6 Å². The number of benzene rings is 3. The average Bonchev–Trinajstić information content (AvgIpc) is 3.01. The van der Waals surface area contributed by atoms with Gasteiger partial charge in [-0.15, -0.1) is 0 Å². The van der Waals surface area contributed by atoms with Crippen LogP contribution in [-0.4, -0.2) is 18.5 Å². The van der Waals surface area contributed by atoms with E-state index in [1.54, 1.807) is 18.2 Å². The normalized spacial score (nSPS) is 17.1. The van der Waals surface area contributed by atoms with Crippen LogP contribution in [0.2, 0.25) is 0 Å². The molecule has 3 aromatic rings. The second-order valence-electron chi connectivity index (χ2n) is 12.4. The molecule has 1 aliphatic rings. The van der Waals surface area contributed by atoms with E-state index in [9.17, 15) is 9.59 Å². The van der Waals surface area contributed by atoms with Gasteiger partial charge in [0.2, 0.25) is 0 Å². The first-order valence-corrected chi connectivity index (χ1v) is 15.6. The van der Waals surface area contributed by atoms with Gasteiger partial charge in [0.25, 0.3) is 0 Å². The summed E-state index contributed by atoms with van der Waals surface area (Å²) >= 11 is 0. The summed E-state index contributed by atoms with van der Waals surface area (Å²) < 4.78 is 11.4. The summed E-state index contributed by atoms with van der Waals surface area (Å²) in [6.07, 6.45) is 12.4. The Hall–Kier alpha value is -4.06. The number of nitrogen functional groups attached to an aromatic ring is 2. The predicted molar refractivity (Wildman–Crippen MR) is 174 cm³/mol. The SMILES string of the molecule is CCCCC1CCC(C(=O)Oc2ccc(/C=C/C(=O)OCC(C)(Cc3ccc(N)cc3)Cc3ccc(N)cc3)cc2)CC1. The zero-order chi connectivity index (χ0) is 30.7. The minimum Gasteiger partial charge on any atom is -0.462 e. The van der Waals surface area contributed by atoms with Crippen LogP contribution in [0.1, 0.15) is 75.5 Å². The van der Waals surface area contributed by atoms with E-state index in [-0.39, 0.29) is 23.9 Å². The van der Waals surface area contributed by atoms with Gasteiger partial charge >= 0.3 is 11.9 Å². The van der Waals surface area contributed by atoms with Crippen LogP contribution in [0.3, 0.4) is 0 Å². The van der Waals surface area contributed by atoms with Gasteiger partial charge in [-0.3, -0.25) is 4.79 Å². The van der Waals surface area contributed by atoms with Gasteiger partial charge in [0.15, 0.2) is 0 Å². The second-order valence-corrected chi connectivity index (χ2v) is 12.4. The molecule has 0 spiro atoms. The fourth-order valence-electron chi connectivity index (χ4n) is 5.90. The molecule has 4 N–H and O–H groups in total. The highest BCUT2D eigenvalue weighted by molar-refractivity contribution is 5.87. The van der Waals surface area contributed by atoms with Crippen molar-refractivity contribution >= 4 is 29.4 Å². The molecule has 0 heterocycles. The summed E-state index contributed by atoms with van der Waals surface area (Å²) in [5.41, 5.74) is 15.9. The van der Waals surface area contributed by atoms with Crippen LogP contribution < -0.4 is 16.2 Å². The smallest absolute Gasteiger partial charge is 0.330 e. The molecule has 6 nitrogen and oxygen atoms in total. The second kappa shape index (κ2) is 15.4. The van der Waals surface area contributed by atoms with Crippen molar-refractivity contribution in [2.45, 2.75) is 71.6 Å². The third-order valence-corrected chi connectivity index (χ3v) is 8.44. The number of hydrogen-bond acceptors (Lipinski definition) is 6. The number of nitrogens with two attached hydrogens (primary N) is 2. The Bertz CT molecular complexity index is 1290. The van der Waals surface area contributed by atoms with Crippen LogP contribution >= 0.6 is 0 Å². The molecule has 0 atom stereocenters. The summed E-state index contributed by atoms with van der Waals surface area (Å²) in [5, 5.41) is 0. The Morgan fingerprint density at radius 2 is 1.40 bits per heavy atom. The van der Waals surface area contributed by atoms with E-state index in [1.165, 1.54) is 25.3 Å². The number of unbranched alkanes of at least 4 members (excludes halogenated alkanes) is 1. The molecule has 0 aliphatic heterocycles. The maximum absolute atomic E-state index is 12.7. The first-order chi connectivity index (χ1) is 20.7. The summed E-state index contributed by atoms with van der Waals surface area (Å²) in [6.45, 7) is 4.59. The van der Waals surface area contributed by atoms with Gasteiger partial charge in [0.1, 0.15) is 5.75 Å². The molecule has 43 heavy (non-hydrogen) atoms. The molecule has 1 fully saturated rings. The molecule has 0 unspecified atom stereocenters. The number of rotatable bonds is 13. The zero-order valence-corrected chi connectivity index (χ0v) is 25.6. The van der Waals surface area contributed by atoms with Gasteiger partial charge in [-0.1, -0.05) is 69.5 Å². The van der Waals surface area contributed by atoms with Gasteiger partial charge in [-0.25, -0.2) is 4.79 Å². The van der Waals surface area contributed by atoms with Crippen molar-refractivity contribution in [2.75, 3.05) is 18.1 Å². The molecular formula is C37H46N2O4. The molecule has 3 aromatic carbocycles. The molecule has 228 valence electrons. The Balaban J connectivity index is 1.29. The Labute approximate surface area is 256 Å². The van der Waals surface area contributed by atoms with Gasteiger partial charge < -0.3 is 20.9 Å². The van der Waals surface area contributed by atoms with Crippen LogP contribution in [0.15, 0.2) is 78.9 Å². The van der Waals surface area contributed by atoms with Crippen molar-refractivity contribution in [1.82, 2.24) is 0 Å². The fourth-order valence-corrected chi connectivity index (χ4v) is 5.90. The minimum atomic E-state index is -0.411. The van der Waals surface area contributed by atoms with Crippen LogP contribution in [0.5, 0.6) is 5.75 Å². The van der Waals surface area contributed by atoms with Crippen molar-refractivity contribution in [2.24, 2.45) is 17.3 Å². The highest BCUT2D eigenvalue weighted by Crippen LogP contribution is 2.33. The van der Waals surface area contributed by atoms with E-state index < -0.39 is 5.97 Å². The highest BCUT2D eigenvalue weighted by Gasteiger charge is 2.28. The lowest BCUT2D eigenvalue weighted by atomic mass is 9.79. The topological polar surface area (TPSA) is 105 Å². The third-order valence-electron chi connectivity index (χ3n) is 8.44. The van der Waals surface area contributed by atoms with Gasteiger partial charge in [0.05, 0.1) is 12.5 Å². The highest BCUT2D eigenvalue weighted by atomic mass is 16.5. The van der Waals surface area contributed by atoms with Crippen molar-refractivity contribution in [1.29, 1.82) is 0 Å². The van der Waals surface area contributed by atoms with Gasteiger partial charge in [0, 0.05) is 22.9 Å². The molecule has 0 saturated heterocycles. The van der Waals surface area contributed by atoms with Crippen LogP contribution in [0.25, 0.3) is 6.08 Å². The Kier molecular flexibility index (Phi) is 11.4. The number of ether oxygens (including phenoxy) is 2. The quantitative estimate of drug-likeness (QED) is 0.0922. The molecule has 0 aromatic heterocycles. The lowest BCUT2D eigenvalue weighted by Gasteiger charge is -2.29. The largest absolute Gasteiger partial charge is 0.462 e. The maximum Gasteiger partial charge on any atom is 0.330 e. The van der Waals surface area contributed by atoms with E-state index in [4.69, 9.17) is 20.9 Å². The van der Waals surface area contributed by atoms with Crippen LogP contribution in [0, 0.1) is 17.3 Å². The van der Waals surface area contributed by atoms with Crippen LogP contribution in [0.4, 0.5) is 11.4 Å². The molecule has 1 aliphatic carbocycles. The average molecular weight is 583 g/mol. The number of esters is 2. The van der Waals surface area contributed by atoms with Gasteiger partial charge in [-0.2, -0.15) is 0 Å². The monoisotopic (exact) mass is 582 g/mol. The van der Waals surface area contributed by atoms with Crippen molar-refractivity contribution in [3.8, 4) is 5.75 Å². The first-order valence-electron chi connectivity index (χ1n) is 15.6. The summed E-state index contributed by atoms with van der Waals surface area (Å²) in [4.78, 5) is 25.4. The molecule has 0 amide bonds. The number of carbonyl (C=O) groups is 2. The lowest BCUT2D eigenvalue weighted by Crippen LogP contribution is -2.30. The summed E-state index contributed by atoms with van der Waals surface area (Å²) in [6, 6.07) is 22.8. The Morgan fingerprint density at radius 3 is 1.93 bits per heavy atom.